The van der Waals surface area contributed by atoms with Crippen LogP contribution in [-0.2, 0) is 13.1 Å². The summed E-state index contributed by atoms with van der Waals surface area (Å²) in [4.78, 5) is 4.23. The Balaban J connectivity index is 0.00000242. The summed E-state index contributed by atoms with van der Waals surface area (Å²) >= 11 is 0. The lowest BCUT2D eigenvalue weighted by molar-refractivity contribution is 0.570. The third-order valence-electron chi connectivity index (χ3n) is 3.18. The van der Waals surface area contributed by atoms with E-state index in [1.807, 2.05) is 16.9 Å². The zero-order chi connectivity index (χ0) is 14.9. The van der Waals surface area contributed by atoms with Crippen molar-refractivity contribution in [3.05, 3.63) is 53.9 Å². The highest BCUT2D eigenvalue weighted by Gasteiger charge is 1.98. The normalized spacial score (nSPS) is 10.9. The van der Waals surface area contributed by atoms with Gasteiger partial charge in [0.2, 0.25) is 0 Å². The number of nitrogens with zero attached hydrogens (tertiary/aromatic N) is 3. The monoisotopic (exact) mass is 413 g/mol. The lowest BCUT2D eigenvalue weighted by atomic mass is 10.1. The van der Waals surface area contributed by atoms with Crippen LogP contribution in [0, 0.1) is 6.92 Å². The third-order valence-corrected chi connectivity index (χ3v) is 3.18. The molecule has 2 aromatic rings. The number of hydrogen-bond donors (Lipinski definition) is 2. The van der Waals surface area contributed by atoms with Gasteiger partial charge < -0.3 is 10.6 Å². The first-order valence-electron chi connectivity index (χ1n) is 7.25. The second-order valence-electron chi connectivity index (χ2n) is 4.96. The fourth-order valence-corrected chi connectivity index (χ4v) is 2.11. The second kappa shape index (κ2) is 10.2. The van der Waals surface area contributed by atoms with Gasteiger partial charge in [-0.1, -0.05) is 29.8 Å². The van der Waals surface area contributed by atoms with E-state index in [0.29, 0.717) is 0 Å². The van der Waals surface area contributed by atoms with Crippen molar-refractivity contribution in [3.63, 3.8) is 0 Å². The van der Waals surface area contributed by atoms with E-state index < -0.39 is 0 Å². The van der Waals surface area contributed by atoms with Crippen LogP contribution in [0.5, 0.6) is 0 Å². The predicted molar refractivity (Wildman–Crippen MR) is 102 cm³/mol. The molecule has 0 aliphatic carbocycles. The molecule has 2 N–H and O–H groups in total. The number of hydrogen-bond acceptors (Lipinski definition) is 2. The molecule has 1 aromatic heterocycles. The van der Waals surface area contributed by atoms with Gasteiger partial charge in [-0.2, -0.15) is 5.10 Å². The first kappa shape index (κ1) is 18.5. The topological polar surface area (TPSA) is 54.2 Å². The average Bonchev–Trinajstić information content (AvgIpc) is 3.00. The summed E-state index contributed by atoms with van der Waals surface area (Å²) in [6, 6.07) is 10.4. The molecule has 0 spiro atoms. The molecule has 1 heterocycles. The van der Waals surface area contributed by atoms with E-state index in [0.717, 1.165) is 32.0 Å². The molecule has 2 rings (SSSR count). The van der Waals surface area contributed by atoms with Crippen molar-refractivity contribution < 1.29 is 0 Å². The highest BCUT2D eigenvalue weighted by Crippen LogP contribution is 2.02. The molecule has 0 unspecified atom stereocenters. The molecule has 0 bridgehead atoms. The Kier molecular flexibility index (Phi) is 8.57. The zero-order valence-corrected chi connectivity index (χ0v) is 15.5. The van der Waals surface area contributed by atoms with Crippen molar-refractivity contribution >= 4 is 29.9 Å². The van der Waals surface area contributed by atoms with Crippen molar-refractivity contribution in [2.24, 2.45) is 4.99 Å². The molecule has 6 heteroatoms. The Hall–Kier alpha value is -1.57. The summed E-state index contributed by atoms with van der Waals surface area (Å²) in [5, 5.41) is 10.8. The van der Waals surface area contributed by atoms with Crippen molar-refractivity contribution in [1.82, 2.24) is 20.4 Å². The fraction of sp³-hybridized carbons (Fsp3) is 0.375. The maximum absolute atomic E-state index is 4.23. The maximum Gasteiger partial charge on any atom is 0.191 e. The maximum atomic E-state index is 4.23. The molecule has 0 fully saturated rings. The van der Waals surface area contributed by atoms with Gasteiger partial charge in [-0.3, -0.25) is 9.67 Å². The smallest absolute Gasteiger partial charge is 0.191 e. The van der Waals surface area contributed by atoms with Crippen molar-refractivity contribution in [2.45, 2.75) is 26.4 Å². The molecule has 0 radical (unpaired) electrons. The number of aryl methyl sites for hydroxylation is 2. The lowest BCUT2D eigenvalue weighted by Crippen LogP contribution is -2.37. The van der Waals surface area contributed by atoms with Crippen LogP contribution in [0.4, 0.5) is 0 Å². The quantitative estimate of drug-likeness (QED) is 0.331. The Morgan fingerprint density at radius 3 is 2.82 bits per heavy atom. The zero-order valence-electron chi connectivity index (χ0n) is 13.1. The van der Waals surface area contributed by atoms with Crippen LogP contribution in [-0.4, -0.2) is 29.3 Å². The standard InChI is InChI=1S/C16H23N5.HI/c1-14-6-3-7-15(12-14)13-19-16(17-2)18-8-4-10-21-11-5-9-20-21;/h3,5-7,9,11-12H,4,8,10,13H2,1-2H3,(H2,17,18,19);1H. The largest absolute Gasteiger partial charge is 0.356 e. The molecule has 0 aliphatic rings. The summed E-state index contributed by atoms with van der Waals surface area (Å²) in [7, 11) is 1.79. The summed E-state index contributed by atoms with van der Waals surface area (Å²) in [5.41, 5.74) is 2.53. The average molecular weight is 413 g/mol. The second-order valence-corrected chi connectivity index (χ2v) is 4.96. The van der Waals surface area contributed by atoms with Gasteiger partial charge in [-0.15, -0.1) is 24.0 Å². The van der Waals surface area contributed by atoms with E-state index in [-0.39, 0.29) is 24.0 Å². The van der Waals surface area contributed by atoms with Crippen molar-refractivity contribution in [3.8, 4) is 0 Å². The van der Waals surface area contributed by atoms with Gasteiger partial charge in [-0.25, -0.2) is 0 Å². The molecular weight excluding hydrogens is 389 g/mol. The van der Waals surface area contributed by atoms with Crippen LogP contribution in [0.25, 0.3) is 0 Å². The predicted octanol–water partition coefficient (Wildman–Crippen LogP) is 2.56. The lowest BCUT2D eigenvalue weighted by Gasteiger charge is -2.12. The Morgan fingerprint density at radius 1 is 1.27 bits per heavy atom. The molecule has 0 atom stereocenters. The van der Waals surface area contributed by atoms with E-state index in [1.54, 1.807) is 13.2 Å². The van der Waals surface area contributed by atoms with Gasteiger partial charge in [0.25, 0.3) is 0 Å². The Bertz CT molecular complexity index is 566. The molecule has 0 aliphatic heterocycles. The summed E-state index contributed by atoms with van der Waals surface area (Å²) < 4.78 is 1.94. The van der Waals surface area contributed by atoms with Crippen LogP contribution in [0.1, 0.15) is 17.5 Å². The number of guanidine groups is 1. The van der Waals surface area contributed by atoms with Gasteiger partial charge in [0.1, 0.15) is 0 Å². The molecular formula is C16H24IN5. The minimum Gasteiger partial charge on any atom is -0.356 e. The fourth-order valence-electron chi connectivity index (χ4n) is 2.11. The van der Waals surface area contributed by atoms with E-state index in [1.165, 1.54) is 11.1 Å². The third kappa shape index (κ3) is 6.46. The number of nitrogens with one attached hydrogen (secondary N) is 2. The minimum atomic E-state index is 0. The number of aliphatic imine (C=N–C) groups is 1. The molecule has 0 amide bonds. The number of rotatable bonds is 6. The van der Waals surface area contributed by atoms with Crippen LogP contribution >= 0.6 is 24.0 Å². The SMILES string of the molecule is CN=C(NCCCn1cccn1)NCc1cccc(C)c1.I. The van der Waals surface area contributed by atoms with E-state index in [9.17, 15) is 0 Å². The Morgan fingerprint density at radius 2 is 2.14 bits per heavy atom. The van der Waals surface area contributed by atoms with Gasteiger partial charge in [0.05, 0.1) is 0 Å². The van der Waals surface area contributed by atoms with E-state index in [2.05, 4.69) is 51.9 Å². The van der Waals surface area contributed by atoms with Crippen LogP contribution in [0.2, 0.25) is 0 Å². The molecule has 5 nitrogen and oxygen atoms in total. The van der Waals surface area contributed by atoms with Gasteiger partial charge >= 0.3 is 0 Å². The Labute approximate surface area is 149 Å². The number of halogens is 1. The van der Waals surface area contributed by atoms with E-state index >= 15 is 0 Å². The van der Waals surface area contributed by atoms with Gasteiger partial charge in [0.15, 0.2) is 5.96 Å². The van der Waals surface area contributed by atoms with E-state index in [4.69, 9.17) is 0 Å². The highest BCUT2D eigenvalue weighted by molar-refractivity contribution is 14.0. The first-order valence-corrected chi connectivity index (χ1v) is 7.25. The van der Waals surface area contributed by atoms with Crippen molar-refractivity contribution in [2.75, 3.05) is 13.6 Å². The number of benzene rings is 1. The number of aromatic nitrogens is 2. The summed E-state index contributed by atoms with van der Waals surface area (Å²) in [6.07, 6.45) is 4.79. The van der Waals surface area contributed by atoms with Crippen LogP contribution < -0.4 is 10.6 Å². The summed E-state index contributed by atoms with van der Waals surface area (Å²) in [5.74, 6) is 0.831. The van der Waals surface area contributed by atoms with Crippen LogP contribution in [0.15, 0.2) is 47.7 Å². The molecule has 1 aromatic carbocycles. The summed E-state index contributed by atoms with van der Waals surface area (Å²) in [6.45, 7) is 4.66. The highest BCUT2D eigenvalue weighted by atomic mass is 127. The molecule has 22 heavy (non-hydrogen) atoms. The molecule has 0 saturated heterocycles. The first-order chi connectivity index (χ1) is 10.3. The van der Waals surface area contributed by atoms with Gasteiger partial charge in [0, 0.05) is 39.1 Å². The molecule has 120 valence electrons. The molecule has 0 saturated carbocycles. The van der Waals surface area contributed by atoms with Crippen molar-refractivity contribution in [1.29, 1.82) is 0 Å². The minimum absolute atomic E-state index is 0. The van der Waals surface area contributed by atoms with Crippen LogP contribution in [0.3, 0.4) is 0 Å². The van der Waals surface area contributed by atoms with Gasteiger partial charge in [-0.05, 0) is 25.0 Å².